The van der Waals surface area contributed by atoms with E-state index in [1.54, 1.807) is 29.5 Å². The summed E-state index contributed by atoms with van der Waals surface area (Å²) in [4.78, 5) is 20.6. The maximum atomic E-state index is 13.5. The first-order chi connectivity index (χ1) is 14.1. The molecule has 142 valence electrons. The van der Waals surface area contributed by atoms with Crippen LogP contribution < -0.4 is 5.73 Å². The molecule has 0 bridgehead atoms. The van der Waals surface area contributed by atoms with Crippen LogP contribution in [0.25, 0.3) is 31.9 Å². The highest BCUT2D eigenvalue weighted by atomic mass is 32.1. The monoisotopic (exact) mass is 436 g/mol. The fourth-order valence-electron chi connectivity index (χ4n) is 3.22. The molecule has 3 nitrogen and oxygen atoms in total. The van der Waals surface area contributed by atoms with Crippen LogP contribution in [-0.2, 0) is 0 Å². The second kappa shape index (κ2) is 7.18. The summed E-state index contributed by atoms with van der Waals surface area (Å²) in [6.45, 7) is 0. The number of nitrogen functional groups attached to an aromatic ring is 1. The van der Waals surface area contributed by atoms with Gasteiger partial charge in [-0.15, -0.1) is 34.0 Å². The van der Waals surface area contributed by atoms with Gasteiger partial charge in [-0.2, -0.15) is 0 Å². The van der Waals surface area contributed by atoms with E-state index in [4.69, 9.17) is 10.7 Å². The Morgan fingerprint density at radius 1 is 1.00 bits per heavy atom. The van der Waals surface area contributed by atoms with Gasteiger partial charge in [-0.25, -0.2) is 9.37 Å². The zero-order chi connectivity index (χ0) is 20.0. The molecule has 4 heterocycles. The van der Waals surface area contributed by atoms with Gasteiger partial charge < -0.3 is 5.73 Å². The summed E-state index contributed by atoms with van der Waals surface area (Å²) in [6, 6.07) is 15.9. The Kier molecular flexibility index (Phi) is 4.50. The van der Waals surface area contributed by atoms with Crippen molar-refractivity contribution < 1.29 is 9.18 Å². The van der Waals surface area contributed by atoms with Crippen LogP contribution in [0.1, 0.15) is 14.5 Å². The molecule has 5 aromatic rings. The van der Waals surface area contributed by atoms with E-state index in [2.05, 4.69) is 0 Å². The van der Waals surface area contributed by atoms with E-state index >= 15 is 0 Å². The predicted molar refractivity (Wildman–Crippen MR) is 120 cm³/mol. The summed E-state index contributed by atoms with van der Waals surface area (Å²) in [6.07, 6.45) is 0. The van der Waals surface area contributed by atoms with Crippen LogP contribution in [0.3, 0.4) is 0 Å². The summed E-state index contributed by atoms with van der Waals surface area (Å²) in [7, 11) is 0. The van der Waals surface area contributed by atoms with Crippen LogP contribution in [-0.4, -0.2) is 10.8 Å². The molecule has 0 atom stereocenters. The number of carbonyl (C=O) groups is 1. The predicted octanol–water partition coefficient (Wildman–Crippen LogP) is 6.71. The maximum Gasteiger partial charge on any atom is 0.215 e. The molecule has 5 rings (SSSR count). The number of aromatic nitrogens is 1. The molecule has 7 heteroatoms. The molecule has 4 aromatic heterocycles. The van der Waals surface area contributed by atoms with Gasteiger partial charge in [0.05, 0.1) is 21.1 Å². The van der Waals surface area contributed by atoms with Gasteiger partial charge in [0.1, 0.15) is 15.5 Å². The first-order valence-corrected chi connectivity index (χ1v) is 11.3. The van der Waals surface area contributed by atoms with Crippen LogP contribution >= 0.6 is 34.0 Å². The SMILES string of the molecule is Nc1c(C(=O)c2cccs2)sc2nc(-c3cccs3)cc(-c3ccc(F)cc3)c12. The highest BCUT2D eigenvalue weighted by Gasteiger charge is 2.23. The fraction of sp³-hybridized carbons (Fsp3) is 0. The van der Waals surface area contributed by atoms with Crippen molar-refractivity contribution in [2.45, 2.75) is 0 Å². The van der Waals surface area contributed by atoms with E-state index in [-0.39, 0.29) is 11.6 Å². The molecule has 0 aliphatic rings. The van der Waals surface area contributed by atoms with Gasteiger partial charge >= 0.3 is 0 Å². The van der Waals surface area contributed by atoms with Crippen molar-refractivity contribution >= 4 is 55.7 Å². The average Bonchev–Trinajstić information content (AvgIpc) is 3.49. The lowest BCUT2D eigenvalue weighted by atomic mass is 10.0. The first-order valence-electron chi connectivity index (χ1n) is 8.73. The van der Waals surface area contributed by atoms with Crippen molar-refractivity contribution in [3.05, 3.63) is 80.9 Å². The summed E-state index contributed by atoms with van der Waals surface area (Å²) in [5, 5.41) is 4.60. The molecular weight excluding hydrogens is 423 g/mol. The number of nitrogens with zero attached hydrogens (tertiary/aromatic N) is 1. The van der Waals surface area contributed by atoms with Crippen LogP contribution in [0.4, 0.5) is 10.1 Å². The van der Waals surface area contributed by atoms with E-state index in [1.165, 1.54) is 34.8 Å². The largest absolute Gasteiger partial charge is 0.397 e. The van der Waals surface area contributed by atoms with Crippen molar-refractivity contribution in [2.24, 2.45) is 0 Å². The number of anilines is 1. The molecule has 0 saturated heterocycles. The van der Waals surface area contributed by atoms with Gasteiger partial charge in [0.2, 0.25) is 5.78 Å². The number of hydrogen-bond donors (Lipinski definition) is 1. The molecule has 0 saturated carbocycles. The Bertz CT molecular complexity index is 1320. The molecule has 0 aliphatic heterocycles. The number of benzene rings is 1. The summed E-state index contributed by atoms with van der Waals surface area (Å²) in [5.41, 5.74) is 9.37. The molecule has 0 unspecified atom stereocenters. The number of fused-ring (bicyclic) bond motifs is 1. The topological polar surface area (TPSA) is 56.0 Å². The van der Waals surface area contributed by atoms with Crippen molar-refractivity contribution in [2.75, 3.05) is 5.73 Å². The lowest BCUT2D eigenvalue weighted by Crippen LogP contribution is -1.99. The zero-order valence-electron chi connectivity index (χ0n) is 14.9. The number of hydrogen-bond acceptors (Lipinski definition) is 6. The van der Waals surface area contributed by atoms with Crippen molar-refractivity contribution in [3.8, 4) is 21.7 Å². The smallest absolute Gasteiger partial charge is 0.215 e. The number of thiophene rings is 3. The van der Waals surface area contributed by atoms with Crippen LogP contribution in [0.2, 0.25) is 0 Å². The lowest BCUT2D eigenvalue weighted by molar-refractivity contribution is 0.104. The van der Waals surface area contributed by atoms with Gasteiger partial charge in [0, 0.05) is 5.39 Å². The number of rotatable bonds is 4. The lowest BCUT2D eigenvalue weighted by Gasteiger charge is -2.08. The Hall–Kier alpha value is -2.87. The minimum Gasteiger partial charge on any atom is -0.397 e. The fourth-order valence-corrected chi connectivity index (χ4v) is 5.71. The van der Waals surface area contributed by atoms with Crippen LogP contribution in [0.5, 0.6) is 0 Å². The Morgan fingerprint density at radius 2 is 1.76 bits per heavy atom. The summed E-state index contributed by atoms with van der Waals surface area (Å²) < 4.78 is 13.5. The van der Waals surface area contributed by atoms with Gasteiger partial charge in [-0.05, 0) is 52.2 Å². The third-order valence-electron chi connectivity index (χ3n) is 4.58. The van der Waals surface area contributed by atoms with Crippen molar-refractivity contribution in [1.29, 1.82) is 0 Å². The van der Waals surface area contributed by atoms with Crippen molar-refractivity contribution in [1.82, 2.24) is 4.98 Å². The van der Waals surface area contributed by atoms with E-state index in [0.29, 0.717) is 20.3 Å². The first kappa shape index (κ1) is 18.2. The molecule has 29 heavy (non-hydrogen) atoms. The van der Waals surface area contributed by atoms with Crippen LogP contribution in [0.15, 0.2) is 65.4 Å². The van der Waals surface area contributed by atoms with E-state index in [1.807, 2.05) is 35.0 Å². The number of halogens is 1. The van der Waals surface area contributed by atoms with Crippen LogP contribution in [0, 0.1) is 5.82 Å². The van der Waals surface area contributed by atoms with E-state index in [9.17, 15) is 9.18 Å². The van der Waals surface area contributed by atoms with E-state index in [0.717, 1.165) is 27.1 Å². The molecule has 0 aliphatic carbocycles. The molecule has 0 radical (unpaired) electrons. The molecule has 1 aromatic carbocycles. The quantitative estimate of drug-likeness (QED) is 0.319. The number of ketones is 1. The number of nitrogens with two attached hydrogens (primary N) is 1. The Morgan fingerprint density at radius 3 is 2.45 bits per heavy atom. The van der Waals surface area contributed by atoms with Gasteiger partial charge in [0.15, 0.2) is 0 Å². The molecule has 0 amide bonds. The van der Waals surface area contributed by atoms with Crippen molar-refractivity contribution in [3.63, 3.8) is 0 Å². The molecule has 0 spiro atoms. The molecule has 0 fully saturated rings. The van der Waals surface area contributed by atoms with Gasteiger partial charge in [-0.1, -0.05) is 24.3 Å². The van der Waals surface area contributed by atoms with Gasteiger partial charge in [0.25, 0.3) is 0 Å². The Balaban J connectivity index is 1.78. The summed E-state index contributed by atoms with van der Waals surface area (Å²) >= 11 is 4.29. The highest BCUT2D eigenvalue weighted by molar-refractivity contribution is 7.22. The summed E-state index contributed by atoms with van der Waals surface area (Å²) in [5.74, 6) is -0.396. The molecular formula is C22H13FN2OS3. The number of pyridine rings is 1. The Labute approximate surface area is 177 Å². The van der Waals surface area contributed by atoms with Gasteiger partial charge in [-0.3, -0.25) is 4.79 Å². The van der Waals surface area contributed by atoms with E-state index < -0.39 is 0 Å². The second-order valence-corrected chi connectivity index (χ2v) is 9.27. The standard InChI is InChI=1S/C22H13FN2OS3/c23-13-7-5-12(6-8-13)14-11-15(16-3-1-9-27-16)25-22-18(14)19(24)21(29-22)20(26)17-4-2-10-28-17/h1-11H,24H2. The zero-order valence-corrected chi connectivity index (χ0v) is 17.3. The average molecular weight is 437 g/mol. The molecule has 2 N–H and O–H groups in total. The third kappa shape index (κ3) is 3.17. The normalized spacial score (nSPS) is 11.2. The minimum atomic E-state index is -0.301. The minimum absolute atomic E-state index is 0.0942. The third-order valence-corrected chi connectivity index (χ3v) is 7.44. The second-order valence-electron chi connectivity index (χ2n) is 6.37. The maximum absolute atomic E-state index is 13.5. The highest BCUT2D eigenvalue weighted by Crippen LogP contribution is 2.42. The number of carbonyl (C=O) groups excluding carboxylic acids is 1.